The van der Waals surface area contributed by atoms with Gasteiger partial charge in [-0.2, -0.15) is 61.5 Å². The first kappa shape index (κ1) is 26.2. The molecule has 4 fully saturated rings. The fourth-order valence-corrected chi connectivity index (χ4v) is 4.19. The zero-order chi connectivity index (χ0) is 26.7. The molecule has 33 heavy (non-hydrogen) atoms. The van der Waals surface area contributed by atoms with E-state index in [0.29, 0.717) is 0 Å². The van der Waals surface area contributed by atoms with Crippen molar-refractivity contribution in [1.82, 2.24) is 0 Å². The Bertz CT molecular complexity index is 815. The van der Waals surface area contributed by atoms with Crippen LogP contribution in [-0.4, -0.2) is 75.5 Å². The first-order chi connectivity index (χ1) is 14.0. The van der Waals surface area contributed by atoms with Gasteiger partial charge in [0, 0.05) is 0 Å². The van der Waals surface area contributed by atoms with Crippen LogP contribution in [0.25, 0.3) is 0 Å². The molecule has 0 aromatic rings. The van der Waals surface area contributed by atoms with E-state index in [1.807, 2.05) is 0 Å². The van der Waals surface area contributed by atoms with E-state index in [0.717, 1.165) is 0 Å². The van der Waals surface area contributed by atoms with Gasteiger partial charge in [0.1, 0.15) is 0 Å². The summed E-state index contributed by atoms with van der Waals surface area (Å²) in [5.41, 5.74) is -33.1. The van der Waals surface area contributed by atoms with Gasteiger partial charge in [0.15, 0.2) is 0 Å². The van der Waals surface area contributed by atoms with Crippen molar-refractivity contribution in [1.29, 1.82) is 0 Å². The van der Waals surface area contributed by atoms with Crippen LogP contribution in [0.4, 0.5) is 83.4 Å². The second kappa shape index (κ2) is 5.23. The third-order valence-electron chi connectivity index (χ3n) is 5.83. The zero-order valence-electron chi connectivity index (χ0n) is 14.0. The maximum atomic E-state index is 14.8. The number of hydrogen-bond donors (Lipinski definition) is 1. The standard InChI is InChI=1S/C12HF19O2/c13-1-5(17,18)2(14)8(23,24)3(15,6(1,19)20)10(27,33-12(30,31)11(28,29)32)4(16,7(1,21)22)9(2,25)26/h32H. The molecule has 4 aliphatic carbocycles. The van der Waals surface area contributed by atoms with E-state index in [4.69, 9.17) is 5.11 Å². The van der Waals surface area contributed by atoms with Gasteiger partial charge in [-0.05, 0) is 0 Å². The molecule has 4 saturated carbocycles. The van der Waals surface area contributed by atoms with Gasteiger partial charge in [-0.25, -0.2) is 22.0 Å². The number of halogens is 19. The molecule has 0 saturated heterocycles. The number of rotatable bonds is 3. The molecule has 0 unspecified atom stereocenters. The third-order valence-corrected chi connectivity index (χ3v) is 5.83. The van der Waals surface area contributed by atoms with Gasteiger partial charge in [0.2, 0.25) is 0 Å². The van der Waals surface area contributed by atoms with Gasteiger partial charge < -0.3 is 5.11 Å². The fourth-order valence-electron chi connectivity index (χ4n) is 4.19. The van der Waals surface area contributed by atoms with Crippen molar-refractivity contribution in [3.8, 4) is 0 Å². The molecule has 0 aromatic carbocycles. The Labute approximate surface area is 165 Å². The van der Waals surface area contributed by atoms with Gasteiger partial charge >= 0.3 is 70.4 Å². The molecule has 2 nitrogen and oxygen atoms in total. The molecule has 0 atom stereocenters. The summed E-state index contributed by atoms with van der Waals surface area (Å²) in [6.07, 6.45) is -14.9. The summed E-state index contributed by atoms with van der Waals surface area (Å²) in [6, 6.07) is 0. The number of hydrogen-bond acceptors (Lipinski definition) is 2. The molecular formula is C12HF19O2. The molecule has 4 rings (SSSR count). The van der Waals surface area contributed by atoms with Crippen molar-refractivity contribution in [2.24, 2.45) is 0 Å². The number of ether oxygens (including phenoxy) is 1. The second-order valence-electron chi connectivity index (χ2n) is 7.26. The molecule has 1 N–H and O–H groups in total. The highest BCUT2D eigenvalue weighted by Crippen LogP contribution is 2.89. The highest BCUT2D eigenvalue weighted by Gasteiger charge is 3.23. The molecular weight excluding hydrogens is 537 g/mol. The predicted octanol–water partition coefficient (Wildman–Crippen LogP) is 4.90. The molecule has 0 amide bonds. The van der Waals surface area contributed by atoms with Crippen molar-refractivity contribution < 1.29 is 93.3 Å². The molecule has 0 aliphatic heterocycles. The molecule has 21 heteroatoms. The Morgan fingerprint density at radius 2 is 0.636 bits per heavy atom. The second-order valence-corrected chi connectivity index (χ2v) is 7.26. The summed E-state index contributed by atoms with van der Waals surface area (Å²) in [4.78, 5) is 0. The molecule has 0 radical (unpaired) electrons. The zero-order valence-corrected chi connectivity index (χ0v) is 14.0. The Balaban J connectivity index is 2.64. The van der Waals surface area contributed by atoms with Crippen LogP contribution < -0.4 is 0 Å². The summed E-state index contributed by atoms with van der Waals surface area (Å²) >= 11 is 0. The summed E-state index contributed by atoms with van der Waals surface area (Å²) in [7, 11) is 0. The lowest BCUT2D eigenvalue weighted by molar-refractivity contribution is -0.633. The summed E-state index contributed by atoms with van der Waals surface area (Å²) in [6.45, 7) is 0. The lowest BCUT2D eigenvalue weighted by atomic mass is 9.40. The van der Waals surface area contributed by atoms with Gasteiger partial charge in [-0.1, -0.05) is 0 Å². The summed E-state index contributed by atoms with van der Waals surface area (Å²) < 4.78 is 267. The minimum absolute atomic E-state index is 1.53. The van der Waals surface area contributed by atoms with E-state index in [2.05, 4.69) is 0 Å². The maximum Gasteiger partial charge on any atom is 0.450 e. The summed E-state index contributed by atoms with van der Waals surface area (Å²) in [5, 5.41) is 7.75. The highest BCUT2D eigenvalue weighted by atomic mass is 19.4. The van der Waals surface area contributed by atoms with E-state index in [9.17, 15) is 83.4 Å². The third kappa shape index (κ3) is 1.69. The number of aliphatic hydroxyl groups is 1. The Kier molecular flexibility index (Phi) is 4.15. The van der Waals surface area contributed by atoms with Crippen LogP contribution >= 0.6 is 0 Å². The molecule has 0 heterocycles. The van der Waals surface area contributed by atoms with Crippen molar-refractivity contribution >= 4 is 0 Å². The minimum atomic E-state index is -8.38. The van der Waals surface area contributed by atoms with Crippen LogP contribution in [0.15, 0.2) is 0 Å². The molecule has 0 spiro atoms. The summed E-state index contributed by atoms with van der Waals surface area (Å²) in [5.74, 6) is -50.1. The van der Waals surface area contributed by atoms with Crippen molar-refractivity contribution in [3.05, 3.63) is 0 Å². The van der Waals surface area contributed by atoms with Gasteiger partial charge in [-0.15, -0.1) is 0 Å². The Morgan fingerprint density at radius 1 is 0.424 bits per heavy atom. The lowest BCUT2D eigenvalue weighted by Crippen LogP contribution is -3.09. The van der Waals surface area contributed by atoms with E-state index in [1.54, 1.807) is 0 Å². The molecule has 194 valence electrons. The van der Waals surface area contributed by atoms with E-state index >= 15 is 0 Å². The normalized spacial score (nSPS) is 48.7. The lowest BCUT2D eigenvalue weighted by Gasteiger charge is -2.74. The maximum absolute atomic E-state index is 14.8. The van der Waals surface area contributed by atoms with Crippen LogP contribution in [0, 0.1) is 0 Å². The first-order valence-corrected chi connectivity index (χ1v) is 7.47. The Hall–Kier alpha value is -1.41. The van der Waals surface area contributed by atoms with Crippen LogP contribution in [0.5, 0.6) is 0 Å². The molecule has 4 aliphatic rings. The van der Waals surface area contributed by atoms with Crippen LogP contribution in [-0.2, 0) is 4.74 Å². The van der Waals surface area contributed by atoms with E-state index in [-0.39, 0.29) is 0 Å². The van der Waals surface area contributed by atoms with Crippen LogP contribution in [0.2, 0.25) is 0 Å². The predicted molar refractivity (Wildman–Crippen MR) is 57.1 cm³/mol. The average Bonchev–Trinajstić information content (AvgIpc) is 2.59. The van der Waals surface area contributed by atoms with Crippen LogP contribution in [0.1, 0.15) is 0 Å². The number of alkyl halides is 19. The van der Waals surface area contributed by atoms with Gasteiger partial charge in [-0.3, -0.25) is 4.74 Å². The van der Waals surface area contributed by atoms with E-state index < -0.39 is 70.4 Å². The van der Waals surface area contributed by atoms with Gasteiger partial charge in [0.05, 0.1) is 0 Å². The fraction of sp³-hybridized carbons (Fsp3) is 1.00. The topological polar surface area (TPSA) is 29.5 Å². The monoisotopic (exact) mass is 538 g/mol. The minimum Gasteiger partial charge on any atom is -0.329 e. The van der Waals surface area contributed by atoms with Crippen molar-refractivity contribution in [2.75, 3.05) is 0 Å². The first-order valence-electron chi connectivity index (χ1n) is 7.47. The highest BCUT2D eigenvalue weighted by molar-refractivity contribution is 5.54. The SMILES string of the molecule is OC(F)(F)C(F)(F)OC1(F)C2(F)C(F)(F)C3(F)C(F)(F)C(F)(C2(F)F)C(F)(F)C1(F)C3(F)F. The average molecular weight is 538 g/mol. The van der Waals surface area contributed by atoms with Crippen LogP contribution in [0.3, 0.4) is 0 Å². The largest absolute Gasteiger partial charge is 0.450 e. The molecule has 4 bridgehead atoms. The smallest absolute Gasteiger partial charge is 0.329 e. The molecule has 0 aromatic heterocycles. The van der Waals surface area contributed by atoms with Crippen molar-refractivity contribution in [2.45, 2.75) is 70.4 Å². The van der Waals surface area contributed by atoms with E-state index in [1.165, 1.54) is 4.74 Å². The van der Waals surface area contributed by atoms with Crippen molar-refractivity contribution in [3.63, 3.8) is 0 Å². The quantitative estimate of drug-likeness (QED) is 0.519. The van der Waals surface area contributed by atoms with Gasteiger partial charge in [0.25, 0.3) is 0 Å². The Morgan fingerprint density at radius 3 is 0.848 bits per heavy atom.